The first-order valence-electron chi connectivity index (χ1n) is 23.9. The minimum atomic E-state index is -0.0269. The number of hydrogen-bond acceptors (Lipinski definition) is 4. The van der Waals surface area contributed by atoms with Gasteiger partial charge >= 0.3 is 0 Å². The van der Waals surface area contributed by atoms with E-state index in [1.54, 1.807) is 0 Å². The first-order valence-corrected chi connectivity index (χ1v) is 25.6. The number of nitrogens with zero attached hydrogens (tertiary/aromatic N) is 2. The number of hydrogen-bond donors (Lipinski definition) is 0. The van der Waals surface area contributed by atoms with Crippen molar-refractivity contribution >= 4 is 120 Å². The van der Waals surface area contributed by atoms with Gasteiger partial charge in [-0.25, -0.2) is 0 Å². The van der Waals surface area contributed by atoms with Gasteiger partial charge in [-0.15, -0.1) is 22.7 Å². The summed E-state index contributed by atoms with van der Waals surface area (Å²) >= 11 is 3.79. The molecule has 328 valence electrons. The molecule has 0 saturated heterocycles. The van der Waals surface area contributed by atoms with Crippen molar-refractivity contribution in [2.24, 2.45) is 0 Å². The molecule has 0 aliphatic carbocycles. The lowest BCUT2D eigenvalue weighted by atomic mass is 9.33. The van der Waals surface area contributed by atoms with Gasteiger partial charge in [0.2, 0.25) is 0 Å². The van der Waals surface area contributed by atoms with Gasteiger partial charge in [-0.05, 0) is 134 Å². The van der Waals surface area contributed by atoms with Crippen molar-refractivity contribution in [3.8, 4) is 22.3 Å². The smallest absolute Gasteiger partial charge is 0.252 e. The standard InChI is InChI=1S/C63H51BN2S2/c1-38-34-55-59-56(35-38)66(44-30-24-40(25-31-44)46-17-13-19-50-48-15-9-11-21-58(48)68-61(46)50)54-37-42(63(5,6)7)26-32-51(54)64(59)52-36-41(62(2,3)4)27-33-53(52)65(55)43-28-22-39(23-29-43)45-16-12-18-49-47-14-8-10-20-57(47)67-60(45)49/h8-37H,1-7H3. The molecule has 2 aliphatic rings. The maximum atomic E-state index is 2.57. The Labute approximate surface area is 407 Å². The summed E-state index contributed by atoms with van der Waals surface area (Å²) in [6.45, 7) is 16.3. The molecule has 2 nitrogen and oxygen atoms in total. The molecule has 0 atom stereocenters. The Hall–Kier alpha value is -6.92. The van der Waals surface area contributed by atoms with Crippen LogP contribution in [-0.2, 0) is 10.8 Å². The first-order chi connectivity index (χ1) is 32.9. The van der Waals surface area contributed by atoms with Crippen LogP contribution in [-0.4, -0.2) is 6.71 Å². The highest BCUT2D eigenvalue weighted by Gasteiger charge is 2.44. The average Bonchev–Trinajstić information content (AvgIpc) is 3.92. The van der Waals surface area contributed by atoms with E-state index < -0.39 is 0 Å². The quantitative estimate of drug-likeness (QED) is 0.162. The normalized spacial score (nSPS) is 13.4. The highest BCUT2D eigenvalue weighted by Crippen LogP contribution is 2.48. The van der Waals surface area contributed by atoms with E-state index in [0.29, 0.717) is 0 Å². The average molecular weight is 911 g/mol. The third-order valence-electron chi connectivity index (χ3n) is 14.6. The molecule has 68 heavy (non-hydrogen) atoms. The lowest BCUT2D eigenvalue weighted by Gasteiger charge is -2.45. The number of aryl methyl sites for hydroxylation is 1. The molecule has 0 amide bonds. The van der Waals surface area contributed by atoms with Gasteiger partial charge in [-0.1, -0.05) is 163 Å². The summed E-state index contributed by atoms with van der Waals surface area (Å²) in [5.74, 6) is 0. The van der Waals surface area contributed by atoms with Crippen molar-refractivity contribution < 1.29 is 0 Å². The van der Waals surface area contributed by atoms with Crippen molar-refractivity contribution in [3.05, 3.63) is 199 Å². The van der Waals surface area contributed by atoms with Crippen LogP contribution in [0.3, 0.4) is 0 Å². The molecular weight excluding hydrogens is 860 g/mol. The van der Waals surface area contributed by atoms with Crippen LogP contribution in [0.25, 0.3) is 62.6 Å². The second-order valence-electron chi connectivity index (χ2n) is 21.0. The largest absolute Gasteiger partial charge is 0.311 e. The van der Waals surface area contributed by atoms with E-state index in [4.69, 9.17) is 0 Å². The molecule has 11 aromatic rings. The Morgan fingerprint density at radius 3 is 1.40 bits per heavy atom. The molecule has 5 heteroatoms. The van der Waals surface area contributed by atoms with Crippen LogP contribution in [0.1, 0.15) is 58.2 Å². The Morgan fingerprint density at radius 1 is 0.397 bits per heavy atom. The predicted octanol–water partition coefficient (Wildman–Crippen LogP) is 16.7. The van der Waals surface area contributed by atoms with Crippen molar-refractivity contribution in [2.45, 2.75) is 59.3 Å². The van der Waals surface area contributed by atoms with Crippen LogP contribution in [0, 0.1) is 6.92 Å². The highest BCUT2D eigenvalue weighted by atomic mass is 32.1. The van der Waals surface area contributed by atoms with Crippen LogP contribution >= 0.6 is 22.7 Å². The van der Waals surface area contributed by atoms with Gasteiger partial charge in [0.1, 0.15) is 0 Å². The summed E-state index contributed by atoms with van der Waals surface area (Å²) in [6.07, 6.45) is 0. The molecule has 0 saturated carbocycles. The van der Waals surface area contributed by atoms with Crippen molar-refractivity contribution in [1.29, 1.82) is 0 Å². The van der Waals surface area contributed by atoms with Gasteiger partial charge in [0, 0.05) is 74.5 Å². The van der Waals surface area contributed by atoms with E-state index in [-0.39, 0.29) is 17.5 Å². The lowest BCUT2D eigenvalue weighted by molar-refractivity contribution is 0.590. The molecule has 0 radical (unpaired) electrons. The van der Waals surface area contributed by atoms with Crippen molar-refractivity contribution in [2.75, 3.05) is 9.80 Å². The van der Waals surface area contributed by atoms with Gasteiger partial charge in [0.25, 0.3) is 6.71 Å². The van der Waals surface area contributed by atoms with E-state index in [9.17, 15) is 0 Å². The monoisotopic (exact) mass is 910 g/mol. The lowest BCUT2D eigenvalue weighted by Crippen LogP contribution is -2.61. The second kappa shape index (κ2) is 15.0. The number of rotatable bonds is 4. The maximum Gasteiger partial charge on any atom is 0.252 e. The molecule has 0 bridgehead atoms. The third-order valence-corrected chi connectivity index (χ3v) is 17.1. The topological polar surface area (TPSA) is 6.48 Å². The SMILES string of the molecule is Cc1cc2c3c(c1)N(c1ccc(-c4cccc5c4sc4ccccc45)cc1)c1cc(C(C)(C)C)ccc1B3c1cc(C(C)(C)C)ccc1N2c1ccc(-c2cccc3c2sc2ccccc23)cc1. The summed E-state index contributed by atoms with van der Waals surface area (Å²) in [6, 6.07) is 69.4. The van der Waals surface area contributed by atoms with Gasteiger partial charge < -0.3 is 9.80 Å². The molecule has 13 rings (SSSR count). The Balaban J connectivity index is 1.00. The van der Waals surface area contributed by atoms with Crippen LogP contribution < -0.4 is 26.2 Å². The van der Waals surface area contributed by atoms with Crippen LogP contribution in [0.5, 0.6) is 0 Å². The van der Waals surface area contributed by atoms with Gasteiger partial charge in [-0.3, -0.25) is 0 Å². The van der Waals surface area contributed by atoms with Gasteiger partial charge in [-0.2, -0.15) is 0 Å². The van der Waals surface area contributed by atoms with Crippen molar-refractivity contribution in [1.82, 2.24) is 0 Å². The summed E-state index contributed by atoms with van der Waals surface area (Å²) in [5, 5.41) is 5.31. The predicted molar refractivity (Wildman–Crippen MR) is 299 cm³/mol. The molecule has 0 N–H and O–H groups in total. The zero-order chi connectivity index (χ0) is 46.2. The summed E-state index contributed by atoms with van der Waals surface area (Å²) in [7, 11) is 0. The van der Waals surface area contributed by atoms with Crippen LogP contribution in [0.2, 0.25) is 0 Å². The highest BCUT2D eigenvalue weighted by molar-refractivity contribution is 7.26. The number of fused-ring (bicyclic) bond motifs is 10. The summed E-state index contributed by atoms with van der Waals surface area (Å²) in [5.41, 5.74) is 20.2. The summed E-state index contributed by atoms with van der Waals surface area (Å²) in [4.78, 5) is 5.12. The molecule has 2 aromatic heterocycles. The summed E-state index contributed by atoms with van der Waals surface area (Å²) < 4.78 is 5.34. The zero-order valence-corrected chi connectivity index (χ0v) is 41.2. The molecule has 9 aromatic carbocycles. The molecule has 0 unspecified atom stereocenters. The van der Waals surface area contributed by atoms with Crippen LogP contribution in [0.4, 0.5) is 34.1 Å². The van der Waals surface area contributed by atoms with E-state index in [2.05, 4.69) is 240 Å². The van der Waals surface area contributed by atoms with Gasteiger partial charge in [0.05, 0.1) is 0 Å². The van der Waals surface area contributed by atoms with Crippen molar-refractivity contribution in [3.63, 3.8) is 0 Å². The molecule has 2 aliphatic heterocycles. The molecular formula is C63H51BN2S2. The maximum absolute atomic E-state index is 2.57. The van der Waals surface area contributed by atoms with E-state index in [1.807, 2.05) is 22.7 Å². The van der Waals surface area contributed by atoms with Gasteiger partial charge in [0.15, 0.2) is 0 Å². The third kappa shape index (κ3) is 6.36. The minimum Gasteiger partial charge on any atom is -0.311 e. The Morgan fingerprint density at radius 2 is 0.868 bits per heavy atom. The Bertz CT molecular complexity index is 3840. The number of anilines is 6. The molecule has 4 heterocycles. The fourth-order valence-electron chi connectivity index (χ4n) is 11.2. The van der Waals surface area contributed by atoms with E-state index >= 15 is 0 Å². The zero-order valence-electron chi connectivity index (χ0n) is 39.6. The minimum absolute atomic E-state index is 0.0208. The molecule has 0 spiro atoms. The second-order valence-corrected chi connectivity index (χ2v) is 23.1. The fourth-order valence-corrected chi connectivity index (χ4v) is 13.6. The van der Waals surface area contributed by atoms with E-state index in [0.717, 1.165) is 11.4 Å². The fraction of sp³-hybridized carbons (Fsp3) is 0.143. The molecule has 0 fully saturated rings. The Kier molecular flexibility index (Phi) is 9.13. The number of benzene rings is 9. The number of thiophene rings is 2. The van der Waals surface area contributed by atoms with E-state index in [1.165, 1.54) is 118 Å². The first kappa shape index (κ1) is 41.3. The van der Waals surface area contributed by atoms with Crippen LogP contribution in [0.15, 0.2) is 182 Å².